The number of rotatable bonds is 5. The fraction of sp³-hybridized carbons (Fsp3) is 0.308. The number of hydrogen-bond donors (Lipinski definition) is 2. The van der Waals surface area contributed by atoms with Gasteiger partial charge < -0.3 is 10.4 Å². The number of benzene rings is 1. The Hall–Kier alpha value is -1.68. The molecule has 4 heteroatoms. The van der Waals surface area contributed by atoms with Gasteiger partial charge in [-0.05, 0) is 31.5 Å². The van der Waals surface area contributed by atoms with Crippen LogP contribution in [-0.4, -0.2) is 17.6 Å². The molecule has 0 saturated carbocycles. The number of carbonyl (C=O) groups is 1. The summed E-state index contributed by atoms with van der Waals surface area (Å²) in [5.74, 6) is -1.20. The van der Waals surface area contributed by atoms with Crippen LogP contribution in [-0.2, 0) is 4.79 Å². The van der Waals surface area contributed by atoms with Gasteiger partial charge in [0.15, 0.2) is 0 Å². The van der Waals surface area contributed by atoms with Gasteiger partial charge in [-0.1, -0.05) is 18.2 Å². The molecule has 17 heavy (non-hydrogen) atoms. The van der Waals surface area contributed by atoms with Crippen molar-refractivity contribution in [1.29, 1.82) is 0 Å². The lowest BCUT2D eigenvalue weighted by Gasteiger charge is -2.12. The molecule has 0 amide bonds. The van der Waals surface area contributed by atoms with Gasteiger partial charge in [0.2, 0.25) is 0 Å². The van der Waals surface area contributed by atoms with Gasteiger partial charge in [-0.3, -0.25) is 0 Å². The maximum atomic E-state index is 13.0. The summed E-state index contributed by atoms with van der Waals surface area (Å²) in [6.45, 7) is 3.88. The Balaban J connectivity index is 2.53. The summed E-state index contributed by atoms with van der Waals surface area (Å²) in [7, 11) is 0. The molecule has 0 heterocycles. The third-order valence-electron chi connectivity index (χ3n) is 2.52. The molecule has 0 aliphatic carbocycles. The Morgan fingerprint density at radius 3 is 2.88 bits per heavy atom. The smallest absolute Gasteiger partial charge is 0.330 e. The maximum Gasteiger partial charge on any atom is 0.330 e. The fourth-order valence-corrected chi connectivity index (χ4v) is 1.37. The Kier molecular flexibility index (Phi) is 4.84. The van der Waals surface area contributed by atoms with Crippen molar-refractivity contribution in [3.63, 3.8) is 0 Å². The van der Waals surface area contributed by atoms with Gasteiger partial charge in [-0.2, -0.15) is 0 Å². The maximum absolute atomic E-state index is 13.0. The van der Waals surface area contributed by atoms with Gasteiger partial charge in [-0.25, -0.2) is 9.18 Å². The third-order valence-corrected chi connectivity index (χ3v) is 2.52. The number of hydrogen-bond acceptors (Lipinski definition) is 2. The highest BCUT2D eigenvalue weighted by molar-refractivity contribution is 5.85. The first-order valence-electron chi connectivity index (χ1n) is 5.39. The topological polar surface area (TPSA) is 49.3 Å². The molecule has 92 valence electrons. The van der Waals surface area contributed by atoms with Crippen LogP contribution in [0.3, 0.4) is 0 Å². The Morgan fingerprint density at radius 1 is 1.59 bits per heavy atom. The van der Waals surface area contributed by atoms with Crippen molar-refractivity contribution in [1.82, 2.24) is 5.32 Å². The minimum atomic E-state index is -0.926. The van der Waals surface area contributed by atoms with Crippen molar-refractivity contribution >= 4 is 5.97 Å². The number of halogens is 1. The van der Waals surface area contributed by atoms with E-state index in [-0.39, 0.29) is 11.9 Å². The molecule has 0 saturated heterocycles. The zero-order chi connectivity index (χ0) is 12.8. The van der Waals surface area contributed by atoms with E-state index >= 15 is 0 Å². The third kappa shape index (κ3) is 4.36. The lowest BCUT2D eigenvalue weighted by molar-refractivity contribution is -0.132. The molecule has 0 bridgehead atoms. The van der Waals surface area contributed by atoms with Crippen LogP contribution >= 0.6 is 0 Å². The Morgan fingerprint density at radius 2 is 2.29 bits per heavy atom. The highest BCUT2D eigenvalue weighted by Gasteiger charge is 2.05. The molecule has 0 spiro atoms. The van der Waals surface area contributed by atoms with Gasteiger partial charge in [0, 0.05) is 18.2 Å². The van der Waals surface area contributed by atoms with Crippen molar-refractivity contribution in [2.24, 2.45) is 0 Å². The Bertz CT molecular complexity index is 429. The van der Waals surface area contributed by atoms with E-state index in [4.69, 9.17) is 5.11 Å². The van der Waals surface area contributed by atoms with Crippen LogP contribution in [0, 0.1) is 5.82 Å². The first-order chi connectivity index (χ1) is 8.00. The predicted octanol–water partition coefficient (Wildman–Crippen LogP) is 2.51. The lowest BCUT2D eigenvalue weighted by Crippen LogP contribution is -2.19. The SMILES string of the molecule is C/C(=C/CN[C@H](C)c1cccc(F)c1)C(=O)O. The first-order valence-corrected chi connectivity index (χ1v) is 5.39. The van der Waals surface area contributed by atoms with Crippen molar-refractivity contribution in [3.05, 3.63) is 47.3 Å². The molecule has 1 atom stereocenters. The molecule has 0 aliphatic rings. The minimum absolute atomic E-state index is 0.0245. The zero-order valence-corrected chi connectivity index (χ0v) is 9.90. The van der Waals surface area contributed by atoms with E-state index in [1.807, 2.05) is 13.0 Å². The first kappa shape index (κ1) is 13.4. The van der Waals surface area contributed by atoms with Crippen molar-refractivity contribution in [2.45, 2.75) is 19.9 Å². The number of nitrogens with one attached hydrogen (secondary N) is 1. The average molecular weight is 237 g/mol. The van der Waals surface area contributed by atoms with Gasteiger partial charge in [0.05, 0.1) is 0 Å². The molecule has 0 unspecified atom stereocenters. The second-order valence-electron chi connectivity index (χ2n) is 3.88. The number of carboxylic acid groups (broad SMARTS) is 1. The molecule has 1 aromatic carbocycles. The Labute approximate surface area is 100.0 Å². The van der Waals surface area contributed by atoms with E-state index < -0.39 is 5.97 Å². The van der Waals surface area contributed by atoms with Crippen molar-refractivity contribution in [3.8, 4) is 0 Å². The second-order valence-corrected chi connectivity index (χ2v) is 3.88. The normalized spacial score (nSPS) is 13.5. The van der Waals surface area contributed by atoms with E-state index in [1.54, 1.807) is 12.1 Å². The molecular weight excluding hydrogens is 221 g/mol. The van der Waals surface area contributed by atoms with Crippen LogP contribution < -0.4 is 5.32 Å². The summed E-state index contributed by atoms with van der Waals surface area (Å²) < 4.78 is 13.0. The molecule has 0 aromatic heterocycles. The largest absolute Gasteiger partial charge is 0.478 e. The summed E-state index contributed by atoms with van der Waals surface area (Å²) in [6, 6.07) is 6.31. The van der Waals surface area contributed by atoms with Crippen LogP contribution in [0.1, 0.15) is 25.5 Å². The van der Waals surface area contributed by atoms with Crippen molar-refractivity contribution in [2.75, 3.05) is 6.54 Å². The molecule has 2 N–H and O–H groups in total. The zero-order valence-electron chi connectivity index (χ0n) is 9.90. The minimum Gasteiger partial charge on any atom is -0.478 e. The lowest BCUT2D eigenvalue weighted by atomic mass is 10.1. The van der Waals surface area contributed by atoms with E-state index in [0.717, 1.165) is 5.56 Å². The summed E-state index contributed by atoms with van der Waals surface area (Å²) in [5, 5.41) is 11.8. The molecule has 1 aromatic rings. The molecule has 0 radical (unpaired) electrons. The highest BCUT2D eigenvalue weighted by atomic mass is 19.1. The predicted molar refractivity (Wildman–Crippen MR) is 64.2 cm³/mol. The fourth-order valence-electron chi connectivity index (χ4n) is 1.37. The summed E-state index contributed by atoms with van der Waals surface area (Å²) >= 11 is 0. The summed E-state index contributed by atoms with van der Waals surface area (Å²) in [4.78, 5) is 10.5. The van der Waals surface area contributed by atoms with Crippen LogP contribution in [0.5, 0.6) is 0 Å². The van der Waals surface area contributed by atoms with Crippen LogP contribution in [0.15, 0.2) is 35.9 Å². The molecule has 0 fully saturated rings. The van der Waals surface area contributed by atoms with Crippen LogP contribution in [0.25, 0.3) is 0 Å². The summed E-state index contributed by atoms with van der Waals surface area (Å²) in [5.41, 5.74) is 1.13. The monoisotopic (exact) mass is 237 g/mol. The van der Waals surface area contributed by atoms with E-state index in [1.165, 1.54) is 19.1 Å². The van der Waals surface area contributed by atoms with E-state index in [9.17, 15) is 9.18 Å². The quantitative estimate of drug-likeness (QED) is 0.773. The molecule has 0 aliphatic heterocycles. The number of carboxylic acids is 1. The van der Waals surface area contributed by atoms with Gasteiger partial charge in [0.25, 0.3) is 0 Å². The average Bonchev–Trinajstić information content (AvgIpc) is 2.28. The molecule has 3 nitrogen and oxygen atoms in total. The van der Waals surface area contributed by atoms with E-state index in [0.29, 0.717) is 12.1 Å². The number of aliphatic carboxylic acids is 1. The summed E-state index contributed by atoms with van der Waals surface area (Å²) in [6.07, 6.45) is 1.60. The highest BCUT2D eigenvalue weighted by Crippen LogP contribution is 2.13. The second kappa shape index (κ2) is 6.15. The van der Waals surface area contributed by atoms with Gasteiger partial charge >= 0.3 is 5.97 Å². The van der Waals surface area contributed by atoms with Crippen molar-refractivity contribution < 1.29 is 14.3 Å². The van der Waals surface area contributed by atoms with Gasteiger partial charge in [0.1, 0.15) is 5.82 Å². The van der Waals surface area contributed by atoms with Crippen LogP contribution in [0.4, 0.5) is 4.39 Å². The standard InChI is InChI=1S/C13H16FNO2/c1-9(13(16)17)6-7-15-10(2)11-4-3-5-12(14)8-11/h3-6,8,10,15H,7H2,1-2H3,(H,16,17)/b9-6-/t10-/m1/s1. The van der Waals surface area contributed by atoms with Crippen LogP contribution in [0.2, 0.25) is 0 Å². The molecular formula is C13H16FNO2. The molecule has 1 rings (SSSR count). The van der Waals surface area contributed by atoms with E-state index in [2.05, 4.69) is 5.32 Å². The van der Waals surface area contributed by atoms with Gasteiger partial charge in [-0.15, -0.1) is 0 Å².